The second kappa shape index (κ2) is 14.8. The van der Waals surface area contributed by atoms with Crippen LogP contribution >= 0.6 is 0 Å². The number of benzene rings is 9. The fourth-order valence-electron chi connectivity index (χ4n) is 13.3. The smallest absolute Gasteiger partial charge is 0.0619 e. The van der Waals surface area contributed by atoms with Gasteiger partial charge in [0.2, 0.25) is 0 Å². The number of rotatable bonds is 7. The zero-order valence-corrected chi connectivity index (χ0v) is 36.4. The molecule has 0 amide bonds. The number of anilines is 2. The van der Waals surface area contributed by atoms with Crippen LogP contribution in [-0.4, -0.2) is 10.1 Å². The summed E-state index contributed by atoms with van der Waals surface area (Å²) in [6.45, 7) is 0. The minimum atomic E-state index is 0.135. The van der Waals surface area contributed by atoms with Gasteiger partial charge in [0.25, 0.3) is 0 Å². The largest absolute Gasteiger partial charge is 0.334 e. The van der Waals surface area contributed by atoms with Gasteiger partial charge >= 0.3 is 0 Å². The summed E-state index contributed by atoms with van der Waals surface area (Å²) in [5.41, 5.74) is 14.4. The highest BCUT2D eigenvalue weighted by Gasteiger charge is 2.77. The average molecular weight is 825 g/mol. The summed E-state index contributed by atoms with van der Waals surface area (Å²) in [5, 5.41) is 7.80. The summed E-state index contributed by atoms with van der Waals surface area (Å²) in [6.07, 6.45) is 12.1. The molecular weight excluding hydrogens is 773 g/mol. The molecule has 2 heteroatoms. The number of nitrogens with zero attached hydrogens (tertiary/aromatic N) is 2. The zero-order valence-electron chi connectivity index (χ0n) is 36.4. The summed E-state index contributed by atoms with van der Waals surface area (Å²) in [4.78, 5) is 2.88. The van der Waals surface area contributed by atoms with Crippen molar-refractivity contribution in [3.05, 3.63) is 200 Å². The summed E-state index contributed by atoms with van der Waals surface area (Å²) in [7, 11) is 0. The van der Waals surface area contributed by atoms with E-state index in [1.807, 2.05) is 0 Å². The molecule has 2 nitrogen and oxygen atoms in total. The first kappa shape index (κ1) is 37.6. The molecule has 0 saturated heterocycles. The van der Waals surface area contributed by atoms with E-state index < -0.39 is 0 Å². The maximum absolute atomic E-state index is 2.88. The van der Waals surface area contributed by atoms with Crippen molar-refractivity contribution < 1.29 is 0 Å². The molecule has 64 heavy (non-hydrogen) atoms. The first-order valence-electron chi connectivity index (χ1n) is 23.8. The SMILES string of the molecule is c1ccc(-c2cccc3c4c(-c5cccc(N(c6ccc(-c7ccc8c(ccc9ccccc98)c7)cc6)C67CCCCC6C76CCCCC6)c5)cccc4n(-c4ccccc4)c23)cc1. The van der Waals surface area contributed by atoms with Crippen molar-refractivity contribution in [3.63, 3.8) is 0 Å². The minimum Gasteiger partial charge on any atom is -0.334 e. The molecule has 310 valence electrons. The predicted molar refractivity (Wildman–Crippen MR) is 271 cm³/mol. The van der Waals surface area contributed by atoms with Crippen molar-refractivity contribution in [1.29, 1.82) is 0 Å². The number of hydrogen-bond acceptors (Lipinski definition) is 1. The topological polar surface area (TPSA) is 8.17 Å². The third kappa shape index (κ3) is 5.64. The van der Waals surface area contributed by atoms with E-state index >= 15 is 0 Å². The molecule has 13 rings (SSSR count). The summed E-state index contributed by atoms with van der Waals surface area (Å²) in [5.74, 6) is 0.733. The fraction of sp³-hybridized carbons (Fsp3) is 0.194. The van der Waals surface area contributed by atoms with Gasteiger partial charge in [0, 0.05) is 33.4 Å². The van der Waals surface area contributed by atoms with Gasteiger partial charge in [-0.1, -0.05) is 184 Å². The van der Waals surface area contributed by atoms with Crippen LogP contribution in [-0.2, 0) is 0 Å². The fourth-order valence-corrected chi connectivity index (χ4v) is 13.3. The van der Waals surface area contributed by atoms with E-state index in [2.05, 4.69) is 210 Å². The van der Waals surface area contributed by atoms with Crippen molar-refractivity contribution in [2.45, 2.75) is 63.3 Å². The molecule has 0 N–H and O–H groups in total. The maximum atomic E-state index is 2.88. The molecule has 0 bridgehead atoms. The van der Waals surface area contributed by atoms with Crippen molar-refractivity contribution in [3.8, 4) is 39.1 Å². The van der Waals surface area contributed by atoms with Gasteiger partial charge in [-0.05, 0) is 135 Å². The third-order valence-electron chi connectivity index (χ3n) is 16.0. The van der Waals surface area contributed by atoms with Crippen molar-refractivity contribution >= 4 is 54.7 Å². The van der Waals surface area contributed by atoms with E-state index in [1.54, 1.807) is 0 Å². The average Bonchev–Trinajstić information content (AvgIpc) is 3.73. The van der Waals surface area contributed by atoms with Gasteiger partial charge in [-0.3, -0.25) is 0 Å². The Morgan fingerprint density at radius 1 is 0.422 bits per heavy atom. The lowest BCUT2D eigenvalue weighted by Gasteiger charge is -2.41. The van der Waals surface area contributed by atoms with Crippen LogP contribution in [0.2, 0.25) is 0 Å². The Balaban J connectivity index is 0.973. The molecular formula is C62H52N2. The quantitative estimate of drug-likeness (QED) is 0.145. The first-order valence-corrected chi connectivity index (χ1v) is 23.8. The number of fused-ring (bicyclic) bond motifs is 9. The van der Waals surface area contributed by atoms with E-state index in [0.29, 0.717) is 5.41 Å². The lowest BCUT2D eigenvalue weighted by Crippen LogP contribution is -2.41. The first-order chi connectivity index (χ1) is 31.7. The van der Waals surface area contributed by atoms with Gasteiger partial charge in [-0.2, -0.15) is 0 Å². The summed E-state index contributed by atoms with van der Waals surface area (Å²) < 4.78 is 2.49. The Kier molecular flexibility index (Phi) is 8.73. The monoisotopic (exact) mass is 824 g/mol. The second-order valence-electron chi connectivity index (χ2n) is 19.0. The molecule has 10 aromatic rings. The van der Waals surface area contributed by atoms with E-state index in [4.69, 9.17) is 0 Å². The second-order valence-corrected chi connectivity index (χ2v) is 19.0. The van der Waals surface area contributed by atoms with E-state index in [-0.39, 0.29) is 5.54 Å². The number of aromatic nitrogens is 1. The van der Waals surface area contributed by atoms with Crippen molar-refractivity contribution in [2.75, 3.05) is 4.90 Å². The number of para-hydroxylation sites is 2. The Bertz CT molecular complexity index is 3370. The molecule has 9 aromatic carbocycles. The highest BCUT2D eigenvalue weighted by molar-refractivity contribution is 6.19. The molecule has 3 aliphatic rings. The van der Waals surface area contributed by atoms with Crippen LogP contribution in [0.4, 0.5) is 11.4 Å². The van der Waals surface area contributed by atoms with Gasteiger partial charge in [0.15, 0.2) is 0 Å². The van der Waals surface area contributed by atoms with Crippen LogP contribution in [0, 0.1) is 11.3 Å². The Morgan fingerprint density at radius 3 is 1.95 bits per heavy atom. The Labute approximate surface area is 376 Å². The normalized spacial score (nSPS) is 19.0. The van der Waals surface area contributed by atoms with Crippen LogP contribution < -0.4 is 4.90 Å². The molecule has 0 radical (unpaired) electrons. The minimum absolute atomic E-state index is 0.135. The molecule has 1 aromatic heterocycles. The van der Waals surface area contributed by atoms with Gasteiger partial charge < -0.3 is 9.47 Å². The molecule has 3 saturated carbocycles. The van der Waals surface area contributed by atoms with Crippen LogP contribution in [0.15, 0.2) is 200 Å². The summed E-state index contributed by atoms with van der Waals surface area (Å²) >= 11 is 0. The summed E-state index contributed by atoms with van der Waals surface area (Å²) in [6, 6.07) is 75.3. The van der Waals surface area contributed by atoms with Crippen LogP contribution in [0.5, 0.6) is 0 Å². The van der Waals surface area contributed by atoms with Crippen LogP contribution in [0.25, 0.3) is 82.4 Å². The molecule has 3 aliphatic carbocycles. The van der Waals surface area contributed by atoms with E-state index in [1.165, 1.54) is 152 Å². The molecule has 2 unspecified atom stereocenters. The lowest BCUT2D eigenvalue weighted by atomic mass is 9.80. The maximum Gasteiger partial charge on any atom is 0.0619 e. The van der Waals surface area contributed by atoms with Crippen LogP contribution in [0.3, 0.4) is 0 Å². The standard InChI is InChI=1S/C62H52N2/c1-4-17-44(18-5-1)55-26-15-27-56-59-54(25-16-28-57(59)63(60(55)56)49-21-6-2-7-22-49)47-20-14-23-51(42-47)64(62-40-13-10-29-58(62)61(62)38-11-3-12-39-61)50-35-32-43(33-36-50)46-34-37-53-48(41-46)31-30-45-19-8-9-24-52(45)53/h1-2,4-9,14-28,30-37,41-42,58H,3,10-13,29,38-40H2. The van der Waals surface area contributed by atoms with Gasteiger partial charge in [-0.15, -0.1) is 0 Å². The molecule has 2 atom stereocenters. The highest BCUT2D eigenvalue weighted by Crippen LogP contribution is 2.77. The Hall–Kier alpha value is -6.90. The van der Waals surface area contributed by atoms with Crippen molar-refractivity contribution in [2.24, 2.45) is 11.3 Å². The van der Waals surface area contributed by atoms with Crippen molar-refractivity contribution in [1.82, 2.24) is 4.57 Å². The van der Waals surface area contributed by atoms with Gasteiger partial charge in [-0.25, -0.2) is 0 Å². The van der Waals surface area contributed by atoms with Gasteiger partial charge in [0.05, 0.1) is 16.6 Å². The Morgan fingerprint density at radius 2 is 1.09 bits per heavy atom. The molecule has 1 spiro atoms. The third-order valence-corrected chi connectivity index (χ3v) is 16.0. The molecule has 0 aliphatic heterocycles. The lowest BCUT2D eigenvalue weighted by molar-refractivity contribution is 0.277. The molecule has 1 heterocycles. The van der Waals surface area contributed by atoms with Gasteiger partial charge in [0.1, 0.15) is 0 Å². The van der Waals surface area contributed by atoms with E-state index in [9.17, 15) is 0 Å². The van der Waals surface area contributed by atoms with Crippen LogP contribution in [0.1, 0.15) is 57.8 Å². The zero-order chi connectivity index (χ0) is 42.2. The molecule has 3 fully saturated rings. The predicted octanol–water partition coefficient (Wildman–Crippen LogP) is 17.1. The van der Waals surface area contributed by atoms with E-state index in [0.717, 1.165) is 5.92 Å². The number of hydrogen-bond donors (Lipinski definition) is 0. The highest BCUT2D eigenvalue weighted by atomic mass is 15.3.